The quantitative estimate of drug-likeness (QED) is 0.467. The lowest BCUT2D eigenvalue weighted by atomic mass is 10.3. The van der Waals surface area contributed by atoms with Crippen molar-refractivity contribution in [2.45, 2.75) is 17.3 Å². The second kappa shape index (κ2) is 9.53. The molecule has 0 bridgehead atoms. The average molecular weight is 404 g/mol. The molecule has 1 aromatic heterocycles. The van der Waals surface area contributed by atoms with Crippen molar-refractivity contribution in [1.29, 1.82) is 0 Å². The van der Waals surface area contributed by atoms with Crippen LogP contribution in [0.1, 0.15) is 10.7 Å². The Labute approximate surface area is 167 Å². The zero-order chi connectivity index (χ0) is 19.1. The van der Waals surface area contributed by atoms with Crippen molar-refractivity contribution in [2.24, 2.45) is 0 Å². The molecule has 0 atom stereocenters. The van der Waals surface area contributed by atoms with Crippen LogP contribution in [-0.4, -0.2) is 26.3 Å². The maximum Gasteiger partial charge on any atom is 0.140 e. The van der Waals surface area contributed by atoms with Gasteiger partial charge < -0.3 is 18.9 Å². The Morgan fingerprint density at radius 1 is 0.889 bits per heavy atom. The van der Waals surface area contributed by atoms with Crippen molar-refractivity contribution in [3.8, 4) is 23.0 Å². The SMILES string of the molecule is COc1ccc(OCc2nc(CSc3cc(OC)ccc3OC)cs2)cc1. The summed E-state index contributed by atoms with van der Waals surface area (Å²) in [7, 11) is 4.97. The third kappa shape index (κ3) is 5.30. The van der Waals surface area contributed by atoms with Gasteiger partial charge in [0.15, 0.2) is 0 Å². The van der Waals surface area contributed by atoms with E-state index >= 15 is 0 Å². The Morgan fingerprint density at radius 3 is 2.30 bits per heavy atom. The number of methoxy groups -OCH3 is 3. The number of thioether (sulfide) groups is 1. The third-order valence-corrected chi connectivity index (χ3v) is 5.71. The number of thiazole rings is 1. The second-order valence-electron chi connectivity index (χ2n) is 5.50. The lowest BCUT2D eigenvalue weighted by Crippen LogP contribution is -1.95. The largest absolute Gasteiger partial charge is 0.497 e. The molecule has 0 radical (unpaired) electrons. The molecule has 3 rings (SSSR count). The Balaban J connectivity index is 1.56. The maximum atomic E-state index is 5.78. The van der Waals surface area contributed by atoms with E-state index in [1.165, 1.54) is 0 Å². The van der Waals surface area contributed by atoms with E-state index in [0.717, 1.165) is 44.3 Å². The van der Waals surface area contributed by atoms with Crippen LogP contribution in [0.2, 0.25) is 0 Å². The molecular weight excluding hydrogens is 382 g/mol. The van der Waals surface area contributed by atoms with E-state index in [9.17, 15) is 0 Å². The standard InChI is InChI=1S/C20H21NO4S2/c1-22-15-4-6-16(7-5-15)25-11-20-21-14(13-27-20)12-26-19-10-17(23-2)8-9-18(19)24-3/h4-10,13H,11-12H2,1-3H3. The van der Waals surface area contributed by atoms with E-state index in [1.807, 2.05) is 42.5 Å². The number of aromatic nitrogens is 1. The predicted molar refractivity (Wildman–Crippen MR) is 109 cm³/mol. The zero-order valence-electron chi connectivity index (χ0n) is 15.4. The topological polar surface area (TPSA) is 49.8 Å². The number of hydrogen-bond donors (Lipinski definition) is 0. The summed E-state index contributed by atoms with van der Waals surface area (Å²) in [5, 5.41) is 3.01. The minimum atomic E-state index is 0.449. The molecule has 0 saturated carbocycles. The number of ether oxygens (including phenoxy) is 4. The Kier molecular flexibility index (Phi) is 6.84. The number of rotatable bonds is 9. The Hall–Kier alpha value is -2.38. The van der Waals surface area contributed by atoms with Crippen LogP contribution in [0.25, 0.3) is 0 Å². The van der Waals surface area contributed by atoms with Crippen LogP contribution < -0.4 is 18.9 Å². The smallest absolute Gasteiger partial charge is 0.140 e. The Morgan fingerprint density at radius 2 is 1.59 bits per heavy atom. The highest BCUT2D eigenvalue weighted by molar-refractivity contribution is 7.98. The molecule has 0 N–H and O–H groups in total. The molecule has 2 aromatic carbocycles. The van der Waals surface area contributed by atoms with E-state index in [4.69, 9.17) is 18.9 Å². The van der Waals surface area contributed by atoms with E-state index < -0.39 is 0 Å². The molecule has 0 aliphatic rings. The van der Waals surface area contributed by atoms with Gasteiger partial charge in [-0.05, 0) is 42.5 Å². The monoisotopic (exact) mass is 403 g/mol. The molecule has 0 spiro atoms. The number of nitrogens with zero attached hydrogens (tertiary/aromatic N) is 1. The summed E-state index contributed by atoms with van der Waals surface area (Å²) >= 11 is 3.27. The molecular formula is C20H21NO4S2. The summed E-state index contributed by atoms with van der Waals surface area (Å²) in [4.78, 5) is 5.68. The Bertz CT molecular complexity index is 865. The van der Waals surface area contributed by atoms with Crippen LogP contribution in [0.3, 0.4) is 0 Å². The summed E-state index contributed by atoms with van der Waals surface area (Å²) < 4.78 is 21.6. The van der Waals surface area contributed by atoms with Gasteiger partial charge in [0.2, 0.25) is 0 Å². The van der Waals surface area contributed by atoms with Crippen LogP contribution >= 0.6 is 23.1 Å². The van der Waals surface area contributed by atoms with Crippen molar-refractivity contribution in [3.05, 3.63) is 58.5 Å². The molecule has 5 nitrogen and oxygen atoms in total. The minimum absolute atomic E-state index is 0.449. The van der Waals surface area contributed by atoms with E-state index in [0.29, 0.717) is 6.61 Å². The average Bonchev–Trinajstić information content (AvgIpc) is 3.18. The summed E-state index contributed by atoms with van der Waals surface area (Å²) in [6, 6.07) is 13.3. The van der Waals surface area contributed by atoms with Gasteiger partial charge in [0.1, 0.15) is 34.6 Å². The molecule has 0 aliphatic heterocycles. The fraction of sp³-hybridized carbons (Fsp3) is 0.250. The molecule has 27 heavy (non-hydrogen) atoms. The van der Waals surface area contributed by atoms with Crippen LogP contribution in [-0.2, 0) is 12.4 Å². The van der Waals surface area contributed by atoms with Crippen LogP contribution in [0, 0.1) is 0 Å². The molecule has 0 aliphatic carbocycles. The van der Waals surface area contributed by atoms with Gasteiger partial charge in [-0.2, -0.15) is 0 Å². The first kappa shape index (κ1) is 19.4. The van der Waals surface area contributed by atoms with Gasteiger partial charge in [-0.15, -0.1) is 23.1 Å². The summed E-state index contributed by atoms with van der Waals surface area (Å²) in [5.41, 5.74) is 1.02. The van der Waals surface area contributed by atoms with Crippen molar-refractivity contribution in [3.63, 3.8) is 0 Å². The fourth-order valence-electron chi connectivity index (χ4n) is 2.35. The van der Waals surface area contributed by atoms with Gasteiger partial charge in [0, 0.05) is 11.1 Å². The normalized spacial score (nSPS) is 10.5. The second-order valence-corrected chi connectivity index (χ2v) is 7.46. The van der Waals surface area contributed by atoms with Crippen LogP contribution in [0.5, 0.6) is 23.0 Å². The van der Waals surface area contributed by atoms with E-state index in [-0.39, 0.29) is 0 Å². The van der Waals surface area contributed by atoms with Gasteiger partial charge in [0.25, 0.3) is 0 Å². The lowest BCUT2D eigenvalue weighted by Gasteiger charge is -2.09. The first-order chi connectivity index (χ1) is 13.2. The molecule has 0 amide bonds. The summed E-state index contributed by atoms with van der Waals surface area (Å²) in [5.74, 6) is 4.00. The molecule has 0 saturated heterocycles. The molecule has 1 heterocycles. The number of hydrogen-bond acceptors (Lipinski definition) is 7. The van der Waals surface area contributed by atoms with Gasteiger partial charge in [0.05, 0.1) is 31.9 Å². The molecule has 142 valence electrons. The van der Waals surface area contributed by atoms with Crippen LogP contribution in [0.4, 0.5) is 0 Å². The number of benzene rings is 2. The van der Waals surface area contributed by atoms with Crippen LogP contribution in [0.15, 0.2) is 52.7 Å². The highest BCUT2D eigenvalue weighted by Crippen LogP contribution is 2.34. The molecule has 3 aromatic rings. The van der Waals surface area contributed by atoms with Crippen molar-refractivity contribution < 1.29 is 18.9 Å². The first-order valence-electron chi connectivity index (χ1n) is 8.26. The van der Waals surface area contributed by atoms with Crippen molar-refractivity contribution >= 4 is 23.1 Å². The predicted octanol–water partition coefficient (Wildman–Crippen LogP) is 5.04. The van der Waals surface area contributed by atoms with Crippen molar-refractivity contribution in [2.75, 3.05) is 21.3 Å². The summed E-state index contributed by atoms with van der Waals surface area (Å²) in [6.45, 7) is 0.449. The van der Waals surface area contributed by atoms with Gasteiger partial charge in [-0.25, -0.2) is 4.98 Å². The minimum Gasteiger partial charge on any atom is -0.497 e. The third-order valence-electron chi connectivity index (χ3n) is 3.77. The highest BCUT2D eigenvalue weighted by Gasteiger charge is 2.09. The zero-order valence-corrected chi connectivity index (χ0v) is 17.1. The molecule has 0 unspecified atom stereocenters. The first-order valence-corrected chi connectivity index (χ1v) is 10.1. The van der Waals surface area contributed by atoms with Gasteiger partial charge in [-0.3, -0.25) is 0 Å². The lowest BCUT2D eigenvalue weighted by molar-refractivity contribution is 0.304. The maximum absolute atomic E-state index is 5.78. The highest BCUT2D eigenvalue weighted by atomic mass is 32.2. The summed E-state index contributed by atoms with van der Waals surface area (Å²) in [6.07, 6.45) is 0. The fourth-order valence-corrected chi connectivity index (χ4v) is 4.10. The van der Waals surface area contributed by atoms with Gasteiger partial charge >= 0.3 is 0 Å². The van der Waals surface area contributed by atoms with Gasteiger partial charge in [-0.1, -0.05) is 0 Å². The van der Waals surface area contributed by atoms with E-state index in [1.54, 1.807) is 44.4 Å². The molecule has 0 fully saturated rings. The van der Waals surface area contributed by atoms with E-state index in [2.05, 4.69) is 10.4 Å². The molecule has 7 heteroatoms. The van der Waals surface area contributed by atoms with Crippen molar-refractivity contribution in [1.82, 2.24) is 4.98 Å².